The Hall–Kier alpha value is -1.22. The van der Waals surface area contributed by atoms with Gasteiger partial charge in [-0.25, -0.2) is 0 Å². The van der Waals surface area contributed by atoms with E-state index in [9.17, 15) is 0 Å². The third kappa shape index (κ3) is 5.04. The number of nitrogens with one attached hydrogen (secondary N) is 1. The molecule has 0 aliphatic heterocycles. The number of benzene rings is 1. The van der Waals surface area contributed by atoms with Gasteiger partial charge in [0, 0.05) is 12.6 Å². The van der Waals surface area contributed by atoms with E-state index in [1.807, 2.05) is 31.3 Å². The van der Waals surface area contributed by atoms with E-state index in [4.69, 9.17) is 9.47 Å². The van der Waals surface area contributed by atoms with Gasteiger partial charge in [0.1, 0.15) is 17.6 Å². The molecule has 1 aromatic carbocycles. The summed E-state index contributed by atoms with van der Waals surface area (Å²) in [7, 11) is 1.93. The first kappa shape index (κ1) is 15.2. The molecule has 2 rings (SSSR count). The molecule has 3 heteroatoms. The summed E-state index contributed by atoms with van der Waals surface area (Å²) in [6.45, 7) is 3.74. The summed E-state index contributed by atoms with van der Waals surface area (Å²) in [5, 5.41) is 3.11. The lowest BCUT2D eigenvalue weighted by molar-refractivity contribution is 0.203. The molecular weight excluding hydrogens is 250 g/mol. The van der Waals surface area contributed by atoms with Crippen LogP contribution in [0.25, 0.3) is 0 Å². The molecule has 1 aromatic rings. The number of hydrogen-bond donors (Lipinski definition) is 1. The van der Waals surface area contributed by atoms with E-state index in [-0.39, 0.29) is 6.10 Å². The highest BCUT2D eigenvalue weighted by molar-refractivity contribution is 5.33. The highest BCUT2D eigenvalue weighted by Gasteiger charge is 2.14. The van der Waals surface area contributed by atoms with Gasteiger partial charge in [0.2, 0.25) is 0 Å². The molecule has 0 radical (unpaired) electrons. The van der Waals surface area contributed by atoms with Crippen LogP contribution in [-0.2, 0) is 0 Å². The standard InChI is InChI=1S/C17H27NO2/c1-14(12-18-2)20-17-10-6-9-16(11-17)19-13-15-7-4-3-5-8-15/h6,9-11,14-15,18H,3-5,7-8,12-13H2,1-2H3/t14-/m1/s1. The Morgan fingerprint density at radius 2 is 1.95 bits per heavy atom. The second-order valence-corrected chi connectivity index (χ2v) is 5.78. The molecule has 1 saturated carbocycles. The summed E-state index contributed by atoms with van der Waals surface area (Å²) in [5.41, 5.74) is 0. The maximum Gasteiger partial charge on any atom is 0.123 e. The predicted octanol–water partition coefficient (Wildman–Crippen LogP) is 3.63. The van der Waals surface area contributed by atoms with Gasteiger partial charge >= 0.3 is 0 Å². The van der Waals surface area contributed by atoms with Gasteiger partial charge in [-0.2, -0.15) is 0 Å². The topological polar surface area (TPSA) is 30.5 Å². The number of rotatable bonds is 7. The molecule has 1 aliphatic carbocycles. The summed E-state index contributed by atoms with van der Waals surface area (Å²) >= 11 is 0. The Labute approximate surface area is 122 Å². The largest absolute Gasteiger partial charge is 0.493 e. The fourth-order valence-corrected chi connectivity index (χ4v) is 2.77. The van der Waals surface area contributed by atoms with E-state index in [2.05, 4.69) is 12.2 Å². The van der Waals surface area contributed by atoms with Crippen LogP contribution in [0.2, 0.25) is 0 Å². The van der Waals surface area contributed by atoms with Gasteiger partial charge in [-0.3, -0.25) is 0 Å². The molecule has 0 heterocycles. The van der Waals surface area contributed by atoms with Crippen LogP contribution < -0.4 is 14.8 Å². The van der Waals surface area contributed by atoms with Crippen molar-refractivity contribution in [3.63, 3.8) is 0 Å². The second kappa shape index (κ2) is 8.15. The maximum atomic E-state index is 5.93. The molecule has 1 aliphatic rings. The van der Waals surface area contributed by atoms with Gasteiger partial charge < -0.3 is 14.8 Å². The lowest BCUT2D eigenvalue weighted by Crippen LogP contribution is -2.26. The zero-order valence-electron chi connectivity index (χ0n) is 12.7. The fourth-order valence-electron chi connectivity index (χ4n) is 2.77. The van der Waals surface area contributed by atoms with Crippen molar-refractivity contribution in [3.8, 4) is 11.5 Å². The van der Waals surface area contributed by atoms with Crippen LogP contribution in [0.3, 0.4) is 0 Å². The summed E-state index contributed by atoms with van der Waals surface area (Å²) < 4.78 is 11.8. The quantitative estimate of drug-likeness (QED) is 0.825. The zero-order chi connectivity index (χ0) is 14.2. The number of ether oxygens (including phenoxy) is 2. The first-order valence-corrected chi connectivity index (χ1v) is 7.82. The van der Waals surface area contributed by atoms with Crippen LogP contribution in [0.4, 0.5) is 0 Å². The van der Waals surface area contributed by atoms with Crippen LogP contribution in [0.1, 0.15) is 39.0 Å². The minimum absolute atomic E-state index is 0.161. The van der Waals surface area contributed by atoms with Crippen LogP contribution in [0.5, 0.6) is 11.5 Å². The normalized spacial score (nSPS) is 17.7. The zero-order valence-corrected chi connectivity index (χ0v) is 12.7. The van der Waals surface area contributed by atoms with Crippen molar-refractivity contribution in [1.29, 1.82) is 0 Å². The van der Waals surface area contributed by atoms with Crippen molar-refractivity contribution in [2.24, 2.45) is 5.92 Å². The van der Waals surface area contributed by atoms with Gasteiger partial charge in [-0.05, 0) is 44.9 Å². The second-order valence-electron chi connectivity index (χ2n) is 5.78. The van der Waals surface area contributed by atoms with E-state index >= 15 is 0 Å². The fraction of sp³-hybridized carbons (Fsp3) is 0.647. The molecule has 20 heavy (non-hydrogen) atoms. The molecule has 0 aromatic heterocycles. The Balaban J connectivity index is 1.82. The van der Waals surface area contributed by atoms with Crippen molar-refractivity contribution in [2.75, 3.05) is 20.2 Å². The molecule has 0 saturated heterocycles. The average Bonchev–Trinajstić information content (AvgIpc) is 2.47. The molecule has 0 spiro atoms. The SMILES string of the molecule is CNC[C@@H](C)Oc1cccc(OCC2CCCCC2)c1. The molecule has 112 valence electrons. The van der Waals surface area contributed by atoms with Crippen LogP contribution in [-0.4, -0.2) is 26.3 Å². The van der Waals surface area contributed by atoms with Crippen LogP contribution in [0.15, 0.2) is 24.3 Å². The molecule has 1 fully saturated rings. The Kier molecular flexibility index (Phi) is 6.19. The van der Waals surface area contributed by atoms with E-state index in [0.717, 1.165) is 30.6 Å². The third-order valence-corrected chi connectivity index (χ3v) is 3.84. The average molecular weight is 277 g/mol. The molecule has 1 N–H and O–H groups in total. The van der Waals surface area contributed by atoms with Gasteiger partial charge in [0.05, 0.1) is 6.61 Å². The van der Waals surface area contributed by atoms with Crippen molar-refractivity contribution < 1.29 is 9.47 Å². The third-order valence-electron chi connectivity index (χ3n) is 3.84. The van der Waals surface area contributed by atoms with E-state index in [1.54, 1.807) is 0 Å². The summed E-state index contributed by atoms with van der Waals surface area (Å²) in [6, 6.07) is 7.99. The van der Waals surface area contributed by atoms with Crippen LogP contribution in [0, 0.1) is 5.92 Å². The van der Waals surface area contributed by atoms with Gasteiger partial charge in [-0.1, -0.05) is 25.3 Å². The molecule has 0 amide bonds. The highest BCUT2D eigenvalue weighted by atomic mass is 16.5. The minimum Gasteiger partial charge on any atom is -0.493 e. The van der Waals surface area contributed by atoms with Gasteiger partial charge in [0.25, 0.3) is 0 Å². The van der Waals surface area contributed by atoms with Crippen LogP contribution >= 0.6 is 0 Å². The summed E-state index contributed by atoms with van der Waals surface area (Å²) in [4.78, 5) is 0. The molecule has 0 bridgehead atoms. The molecule has 0 unspecified atom stereocenters. The number of likely N-dealkylation sites (N-methyl/N-ethyl adjacent to an activating group) is 1. The Morgan fingerprint density at radius 1 is 1.20 bits per heavy atom. The molecular formula is C17H27NO2. The summed E-state index contributed by atoms with van der Waals surface area (Å²) in [6.07, 6.45) is 6.90. The predicted molar refractivity (Wildman–Crippen MR) is 82.5 cm³/mol. The molecule has 3 nitrogen and oxygen atoms in total. The van der Waals surface area contributed by atoms with Gasteiger partial charge in [0.15, 0.2) is 0 Å². The van der Waals surface area contributed by atoms with Crippen molar-refractivity contribution in [3.05, 3.63) is 24.3 Å². The Bertz CT molecular complexity index is 388. The number of hydrogen-bond acceptors (Lipinski definition) is 3. The van der Waals surface area contributed by atoms with E-state index in [1.165, 1.54) is 32.1 Å². The Morgan fingerprint density at radius 3 is 2.70 bits per heavy atom. The first-order chi connectivity index (χ1) is 9.78. The minimum atomic E-state index is 0.161. The monoisotopic (exact) mass is 277 g/mol. The van der Waals surface area contributed by atoms with Crippen molar-refractivity contribution in [2.45, 2.75) is 45.1 Å². The molecule has 1 atom stereocenters. The first-order valence-electron chi connectivity index (χ1n) is 7.82. The van der Waals surface area contributed by atoms with Crippen molar-refractivity contribution >= 4 is 0 Å². The highest BCUT2D eigenvalue weighted by Crippen LogP contribution is 2.26. The smallest absolute Gasteiger partial charge is 0.123 e. The lowest BCUT2D eigenvalue weighted by atomic mass is 9.90. The van der Waals surface area contributed by atoms with E-state index < -0.39 is 0 Å². The van der Waals surface area contributed by atoms with E-state index in [0.29, 0.717) is 0 Å². The van der Waals surface area contributed by atoms with Crippen molar-refractivity contribution in [1.82, 2.24) is 5.32 Å². The maximum absolute atomic E-state index is 5.93. The van der Waals surface area contributed by atoms with Gasteiger partial charge in [-0.15, -0.1) is 0 Å². The summed E-state index contributed by atoms with van der Waals surface area (Å²) in [5.74, 6) is 2.54. The lowest BCUT2D eigenvalue weighted by Gasteiger charge is -2.22.